The van der Waals surface area contributed by atoms with Crippen LogP contribution in [0.25, 0.3) is 11.6 Å². The molecule has 0 N–H and O–H groups in total. The topological polar surface area (TPSA) is 85.4 Å². The fourth-order valence-electron chi connectivity index (χ4n) is 3.19. The van der Waals surface area contributed by atoms with Gasteiger partial charge in [-0.3, -0.25) is 10.1 Å². The summed E-state index contributed by atoms with van der Waals surface area (Å²) in [4.78, 5) is 10.4. The summed E-state index contributed by atoms with van der Waals surface area (Å²) in [5.41, 5.74) is 3.43. The van der Waals surface area contributed by atoms with Gasteiger partial charge in [0.25, 0.3) is 5.69 Å². The molecule has 0 saturated heterocycles. The Labute approximate surface area is 201 Å². The van der Waals surface area contributed by atoms with Crippen LogP contribution in [0.1, 0.15) is 22.3 Å². The number of nitriles is 1. The maximum atomic E-state index is 10.9. The van der Waals surface area contributed by atoms with E-state index in [2.05, 4.69) is 6.07 Å². The summed E-state index contributed by atoms with van der Waals surface area (Å²) in [6.07, 6.45) is 1.58. The van der Waals surface area contributed by atoms with Gasteiger partial charge in [-0.2, -0.15) is 5.26 Å². The molecular formula is C25H20Cl2N2O4. The number of ether oxygens (including phenoxy) is 2. The van der Waals surface area contributed by atoms with E-state index in [1.54, 1.807) is 18.2 Å². The summed E-state index contributed by atoms with van der Waals surface area (Å²) >= 11 is 12.5. The molecule has 0 unspecified atom stereocenters. The Kier molecular flexibility index (Phi) is 7.94. The van der Waals surface area contributed by atoms with Crippen molar-refractivity contribution in [3.8, 4) is 17.6 Å². The summed E-state index contributed by atoms with van der Waals surface area (Å²) in [5.74, 6) is 1.14. The van der Waals surface area contributed by atoms with Gasteiger partial charge in [-0.25, -0.2) is 0 Å². The highest BCUT2D eigenvalue weighted by molar-refractivity contribution is 6.36. The summed E-state index contributed by atoms with van der Waals surface area (Å²) in [7, 11) is 0. The van der Waals surface area contributed by atoms with Crippen molar-refractivity contribution in [2.24, 2.45) is 0 Å². The second-order valence-corrected chi connectivity index (χ2v) is 8.09. The molecule has 168 valence electrons. The molecule has 0 bridgehead atoms. The van der Waals surface area contributed by atoms with Crippen molar-refractivity contribution in [3.05, 3.63) is 97.0 Å². The minimum atomic E-state index is -0.498. The highest BCUT2D eigenvalue weighted by Gasteiger charge is 2.13. The van der Waals surface area contributed by atoms with Gasteiger partial charge < -0.3 is 9.47 Å². The van der Waals surface area contributed by atoms with Crippen LogP contribution in [-0.2, 0) is 0 Å². The van der Waals surface area contributed by atoms with E-state index < -0.39 is 4.92 Å². The van der Waals surface area contributed by atoms with E-state index >= 15 is 0 Å². The van der Waals surface area contributed by atoms with Crippen molar-refractivity contribution in [3.63, 3.8) is 0 Å². The molecule has 0 aromatic heterocycles. The normalized spacial score (nSPS) is 11.1. The molecule has 3 aromatic carbocycles. The van der Waals surface area contributed by atoms with Crippen LogP contribution in [0.4, 0.5) is 5.69 Å². The average molecular weight is 483 g/mol. The highest BCUT2D eigenvalue weighted by Crippen LogP contribution is 2.35. The van der Waals surface area contributed by atoms with E-state index in [9.17, 15) is 15.4 Å². The number of allylic oxidation sites excluding steroid dienone is 1. The Hall–Kier alpha value is -3.53. The smallest absolute Gasteiger partial charge is 0.269 e. The third-order valence-corrected chi connectivity index (χ3v) is 5.26. The Morgan fingerprint density at radius 2 is 1.76 bits per heavy atom. The first-order valence-corrected chi connectivity index (χ1v) is 10.7. The molecule has 8 heteroatoms. The highest BCUT2D eigenvalue weighted by atomic mass is 35.5. The molecule has 0 atom stereocenters. The summed E-state index contributed by atoms with van der Waals surface area (Å²) in [5, 5.41) is 21.2. The van der Waals surface area contributed by atoms with E-state index in [-0.39, 0.29) is 17.9 Å². The molecule has 3 aromatic rings. The van der Waals surface area contributed by atoms with Crippen molar-refractivity contribution in [1.29, 1.82) is 5.26 Å². The van der Waals surface area contributed by atoms with Crippen molar-refractivity contribution >= 4 is 40.5 Å². The van der Waals surface area contributed by atoms with Gasteiger partial charge in [0, 0.05) is 22.7 Å². The summed E-state index contributed by atoms with van der Waals surface area (Å²) in [6.45, 7) is 4.50. The lowest BCUT2D eigenvalue weighted by Crippen LogP contribution is -2.10. The third kappa shape index (κ3) is 6.26. The van der Waals surface area contributed by atoms with Crippen LogP contribution >= 0.6 is 23.2 Å². The standard InChI is InChI=1S/C25H20Cl2N2O4/c1-16-3-8-24(17(2)11-16)32-9-10-33-25-19(13-21(26)14-23(25)27)12-20(15-28)18-4-6-22(7-5-18)29(30)31/h3-8,11-14H,9-10H2,1-2H3/b20-12-. The van der Waals surface area contributed by atoms with E-state index in [1.165, 1.54) is 24.3 Å². The van der Waals surface area contributed by atoms with Crippen LogP contribution in [0, 0.1) is 35.3 Å². The number of halogens is 2. The Morgan fingerprint density at radius 3 is 2.39 bits per heavy atom. The van der Waals surface area contributed by atoms with Gasteiger partial charge in [0.2, 0.25) is 0 Å². The molecule has 0 aliphatic rings. The predicted octanol–water partition coefficient (Wildman–Crippen LogP) is 7.04. The molecule has 0 saturated carbocycles. The fourth-order valence-corrected chi connectivity index (χ4v) is 3.76. The van der Waals surface area contributed by atoms with Gasteiger partial charge in [0.05, 0.1) is 21.6 Å². The predicted molar refractivity (Wildman–Crippen MR) is 130 cm³/mol. The third-order valence-electron chi connectivity index (χ3n) is 4.76. The molecule has 0 heterocycles. The van der Waals surface area contributed by atoms with Gasteiger partial charge in [0.15, 0.2) is 0 Å². The quantitative estimate of drug-likeness (QED) is 0.113. The Balaban J connectivity index is 1.80. The minimum Gasteiger partial charge on any atom is -0.490 e. The maximum Gasteiger partial charge on any atom is 0.269 e. The van der Waals surface area contributed by atoms with E-state index in [0.717, 1.165) is 16.9 Å². The first-order valence-electron chi connectivity index (χ1n) is 9.97. The first-order chi connectivity index (χ1) is 15.8. The molecule has 3 rings (SSSR count). The fraction of sp³-hybridized carbons (Fsp3) is 0.160. The van der Waals surface area contributed by atoms with Crippen LogP contribution in [0.3, 0.4) is 0 Å². The van der Waals surface area contributed by atoms with Crippen LogP contribution in [-0.4, -0.2) is 18.1 Å². The first kappa shape index (κ1) is 24.1. The molecule has 0 aliphatic heterocycles. The zero-order chi connectivity index (χ0) is 24.0. The zero-order valence-corrected chi connectivity index (χ0v) is 19.5. The van der Waals surface area contributed by atoms with Crippen molar-refractivity contribution in [1.82, 2.24) is 0 Å². The average Bonchev–Trinajstić information content (AvgIpc) is 2.77. The molecular weight excluding hydrogens is 463 g/mol. The maximum absolute atomic E-state index is 10.9. The van der Waals surface area contributed by atoms with E-state index in [1.807, 2.05) is 32.0 Å². The lowest BCUT2D eigenvalue weighted by atomic mass is 10.0. The Bertz CT molecular complexity index is 1250. The second-order valence-electron chi connectivity index (χ2n) is 7.25. The number of nitro groups is 1. The second kappa shape index (κ2) is 10.9. The van der Waals surface area contributed by atoms with Gasteiger partial charge >= 0.3 is 0 Å². The number of benzene rings is 3. The van der Waals surface area contributed by atoms with Crippen LogP contribution < -0.4 is 9.47 Å². The molecule has 33 heavy (non-hydrogen) atoms. The number of aryl methyl sites for hydroxylation is 2. The lowest BCUT2D eigenvalue weighted by Gasteiger charge is -2.14. The summed E-state index contributed by atoms with van der Waals surface area (Å²) < 4.78 is 11.7. The molecule has 0 fully saturated rings. The molecule has 0 aliphatic carbocycles. The molecule has 6 nitrogen and oxygen atoms in total. The number of hydrogen-bond acceptors (Lipinski definition) is 5. The number of non-ortho nitro benzene ring substituents is 1. The van der Waals surface area contributed by atoms with Gasteiger partial charge in [-0.1, -0.05) is 40.9 Å². The van der Waals surface area contributed by atoms with Crippen LogP contribution in [0.2, 0.25) is 10.0 Å². The van der Waals surface area contributed by atoms with Crippen molar-refractivity contribution < 1.29 is 14.4 Å². The molecule has 0 spiro atoms. The zero-order valence-electron chi connectivity index (χ0n) is 18.0. The number of hydrogen-bond donors (Lipinski definition) is 0. The van der Waals surface area contributed by atoms with E-state index in [0.29, 0.717) is 33.5 Å². The van der Waals surface area contributed by atoms with Gasteiger partial charge in [-0.15, -0.1) is 0 Å². The minimum absolute atomic E-state index is 0.0605. The number of nitrogens with zero attached hydrogens (tertiary/aromatic N) is 2. The van der Waals surface area contributed by atoms with E-state index in [4.69, 9.17) is 32.7 Å². The molecule has 0 amide bonds. The Morgan fingerprint density at radius 1 is 1.06 bits per heavy atom. The largest absolute Gasteiger partial charge is 0.490 e. The van der Waals surface area contributed by atoms with Crippen LogP contribution in [0.15, 0.2) is 54.6 Å². The SMILES string of the molecule is Cc1ccc(OCCOc2c(Cl)cc(Cl)cc2/C=C(/C#N)c2ccc([N+](=O)[O-])cc2)c(C)c1. The van der Waals surface area contributed by atoms with Gasteiger partial charge in [-0.05, 0) is 61.4 Å². The van der Waals surface area contributed by atoms with Crippen molar-refractivity contribution in [2.75, 3.05) is 13.2 Å². The lowest BCUT2D eigenvalue weighted by molar-refractivity contribution is -0.384. The molecule has 0 radical (unpaired) electrons. The number of nitro benzene ring substituents is 1. The number of rotatable bonds is 8. The summed E-state index contributed by atoms with van der Waals surface area (Å²) in [6, 6.07) is 16.9. The van der Waals surface area contributed by atoms with Crippen molar-refractivity contribution in [2.45, 2.75) is 13.8 Å². The monoisotopic (exact) mass is 482 g/mol. The van der Waals surface area contributed by atoms with Gasteiger partial charge in [0.1, 0.15) is 24.7 Å². The van der Waals surface area contributed by atoms with Crippen LogP contribution in [0.5, 0.6) is 11.5 Å².